The Kier molecular flexibility index (Phi) is 5.96. The number of unbranched alkanes of at least 4 members (excludes halogenated alkanes) is 2. The van der Waals surface area contributed by atoms with E-state index in [1.165, 1.54) is 18.2 Å². The third-order valence-corrected chi connectivity index (χ3v) is 4.07. The van der Waals surface area contributed by atoms with Crippen LogP contribution >= 0.6 is 15.9 Å². The summed E-state index contributed by atoms with van der Waals surface area (Å²) < 4.78 is 28.0. The lowest BCUT2D eigenvalue weighted by Gasteiger charge is -2.07. The zero-order valence-corrected chi connectivity index (χ0v) is 13.0. The monoisotopic (exact) mass is 349 g/mol. The van der Waals surface area contributed by atoms with Crippen molar-refractivity contribution in [2.75, 3.05) is 6.61 Å². The highest BCUT2D eigenvalue weighted by Crippen LogP contribution is 2.21. The maximum Gasteiger partial charge on any atom is 0.339 e. The molecule has 7 heteroatoms. The number of ether oxygens (including phenoxy) is 1. The molecule has 0 heterocycles. The Morgan fingerprint density at radius 3 is 2.63 bits per heavy atom. The summed E-state index contributed by atoms with van der Waals surface area (Å²) in [7, 11) is -3.83. The van der Waals surface area contributed by atoms with E-state index < -0.39 is 16.0 Å². The van der Waals surface area contributed by atoms with E-state index >= 15 is 0 Å². The van der Waals surface area contributed by atoms with E-state index in [1.807, 2.05) is 6.92 Å². The number of esters is 1. The molecule has 106 valence electrons. The first-order valence-corrected chi connectivity index (χ1v) is 8.19. The molecule has 0 atom stereocenters. The second-order valence-corrected chi connectivity index (χ2v) is 6.45. The van der Waals surface area contributed by atoms with E-state index in [-0.39, 0.29) is 10.5 Å². The summed E-state index contributed by atoms with van der Waals surface area (Å²) in [4.78, 5) is 11.7. The lowest BCUT2D eigenvalue weighted by atomic mass is 10.2. The summed E-state index contributed by atoms with van der Waals surface area (Å²) in [6, 6.07) is 4.00. The molecule has 0 unspecified atom stereocenters. The number of hydrogen-bond donors (Lipinski definition) is 1. The SMILES string of the molecule is CCCCCOC(=O)c1cc(S(N)(=O)=O)ccc1Br. The van der Waals surface area contributed by atoms with E-state index in [9.17, 15) is 13.2 Å². The van der Waals surface area contributed by atoms with Crippen molar-refractivity contribution in [3.05, 3.63) is 28.2 Å². The van der Waals surface area contributed by atoms with Gasteiger partial charge in [0.1, 0.15) is 0 Å². The molecule has 0 aliphatic heterocycles. The molecule has 0 aromatic heterocycles. The number of carbonyl (C=O) groups is 1. The third kappa shape index (κ3) is 4.93. The van der Waals surface area contributed by atoms with E-state index in [0.717, 1.165) is 19.3 Å². The zero-order valence-electron chi connectivity index (χ0n) is 10.6. The summed E-state index contributed by atoms with van der Waals surface area (Å²) in [6.07, 6.45) is 2.79. The highest BCUT2D eigenvalue weighted by molar-refractivity contribution is 9.10. The second-order valence-electron chi connectivity index (χ2n) is 4.03. The van der Waals surface area contributed by atoms with Crippen molar-refractivity contribution >= 4 is 31.9 Å². The third-order valence-electron chi connectivity index (χ3n) is 2.47. The molecule has 0 aliphatic rings. The van der Waals surface area contributed by atoms with Gasteiger partial charge in [0, 0.05) is 4.47 Å². The lowest BCUT2D eigenvalue weighted by Crippen LogP contribution is -2.14. The van der Waals surface area contributed by atoms with E-state index in [2.05, 4.69) is 15.9 Å². The smallest absolute Gasteiger partial charge is 0.339 e. The van der Waals surface area contributed by atoms with Crippen LogP contribution in [0.2, 0.25) is 0 Å². The van der Waals surface area contributed by atoms with Crippen LogP contribution in [0.4, 0.5) is 0 Å². The molecule has 1 rings (SSSR count). The molecule has 0 bridgehead atoms. The van der Waals surface area contributed by atoms with Gasteiger partial charge in [0.05, 0.1) is 17.1 Å². The van der Waals surface area contributed by atoms with Crippen LogP contribution in [0.1, 0.15) is 36.5 Å². The first-order chi connectivity index (χ1) is 8.86. The van der Waals surface area contributed by atoms with Gasteiger partial charge in [-0.05, 0) is 40.5 Å². The second kappa shape index (κ2) is 7.02. The molecule has 0 aliphatic carbocycles. The fourth-order valence-corrected chi connectivity index (χ4v) is 2.38. The number of benzene rings is 1. The van der Waals surface area contributed by atoms with Gasteiger partial charge in [0.25, 0.3) is 0 Å². The number of hydrogen-bond acceptors (Lipinski definition) is 4. The first kappa shape index (κ1) is 16.1. The van der Waals surface area contributed by atoms with Crippen LogP contribution in [0.25, 0.3) is 0 Å². The maximum atomic E-state index is 11.8. The van der Waals surface area contributed by atoms with Crippen LogP contribution in [0.15, 0.2) is 27.6 Å². The number of halogens is 1. The molecule has 0 saturated carbocycles. The number of rotatable bonds is 6. The van der Waals surface area contributed by atoms with Crippen molar-refractivity contribution in [3.8, 4) is 0 Å². The van der Waals surface area contributed by atoms with Gasteiger partial charge in [-0.15, -0.1) is 0 Å². The summed E-state index contributed by atoms with van der Waals surface area (Å²) >= 11 is 3.18. The topological polar surface area (TPSA) is 86.5 Å². The van der Waals surface area contributed by atoms with Gasteiger partial charge in [-0.25, -0.2) is 18.4 Å². The Bertz CT molecular complexity index is 557. The first-order valence-electron chi connectivity index (χ1n) is 5.85. The van der Waals surface area contributed by atoms with Crippen LogP contribution in [-0.4, -0.2) is 21.0 Å². The molecule has 1 aromatic rings. The van der Waals surface area contributed by atoms with Crippen LogP contribution in [-0.2, 0) is 14.8 Å². The lowest BCUT2D eigenvalue weighted by molar-refractivity contribution is 0.0497. The minimum absolute atomic E-state index is 0.115. The molecule has 0 radical (unpaired) electrons. The van der Waals surface area contributed by atoms with Crippen molar-refractivity contribution in [1.82, 2.24) is 0 Å². The van der Waals surface area contributed by atoms with Crippen molar-refractivity contribution in [1.29, 1.82) is 0 Å². The van der Waals surface area contributed by atoms with E-state index in [4.69, 9.17) is 9.88 Å². The van der Waals surface area contributed by atoms with Gasteiger partial charge < -0.3 is 4.74 Å². The maximum absolute atomic E-state index is 11.8. The predicted molar refractivity (Wildman–Crippen MR) is 75.3 cm³/mol. The summed E-state index contributed by atoms with van der Waals surface area (Å²) in [6.45, 7) is 2.37. The Balaban J connectivity index is 2.84. The fraction of sp³-hybridized carbons (Fsp3) is 0.417. The van der Waals surface area contributed by atoms with Crippen LogP contribution < -0.4 is 5.14 Å². The molecule has 0 spiro atoms. The Labute approximate surface area is 121 Å². The van der Waals surface area contributed by atoms with Gasteiger partial charge in [0.15, 0.2) is 0 Å². The fourth-order valence-electron chi connectivity index (χ4n) is 1.43. The standard InChI is InChI=1S/C12H16BrNO4S/c1-2-3-4-7-18-12(15)10-8-9(19(14,16)17)5-6-11(10)13/h5-6,8H,2-4,7H2,1H3,(H2,14,16,17). The Morgan fingerprint density at radius 2 is 2.05 bits per heavy atom. The molecule has 19 heavy (non-hydrogen) atoms. The highest BCUT2D eigenvalue weighted by Gasteiger charge is 2.16. The van der Waals surface area contributed by atoms with Crippen LogP contribution in [0.5, 0.6) is 0 Å². The van der Waals surface area contributed by atoms with Gasteiger partial charge in [-0.1, -0.05) is 19.8 Å². The molecule has 5 nitrogen and oxygen atoms in total. The van der Waals surface area contributed by atoms with E-state index in [0.29, 0.717) is 11.1 Å². The van der Waals surface area contributed by atoms with Gasteiger partial charge >= 0.3 is 5.97 Å². The normalized spacial score (nSPS) is 11.3. The molecule has 0 saturated heterocycles. The molecular weight excluding hydrogens is 334 g/mol. The van der Waals surface area contributed by atoms with Gasteiger partial charge in [-0.2, -0.15) is 0 Å². The predicted octanol–water partition coefficient (Wildman–Crippen LogP) is 2.44. The van der Waals surface area contributed by atoms with Crippen molar-refractivity contribution in [3.63, 3.8) is 0 Å². The average molecular weight is 350 g/mol. The summed E-state index contributed by atoms with van der Waals surface area (Å²) in [5.74, 6) is -0.562. The molecule has 0 fully saturated rings. The molecule has 2 N–H and O–H groups in total. The number of sulfonamides is 1. The number of carbonyl (C=O) groups excluding carboxylic acids is 1. The largest absolute Gasteiger partial charge is 0.462 e. The quantitative estimate of drug-likeness (QED) is 0.631. The van der Waals surface area contributed by atoms with Gasteiger partial charge in [0.2, 0.25) is 10.0 Å². The number of nitrogens with two attached hydrogens (primary N) is 1. The summed E-state index contributed by atoms with van der Waals surface area (Å²) in [5, 5.41) is 5.02. The minimum Gasteiger partial charge on any atom is -0.462 e. The Hall–Kier alpha value is -0.920. The molecule has 0 amide bonds. The van der Waals surface area contributed by atoms with Crippen LogP contribution in [0, 0.1) is 0 Å². The van der Waals surface area contributed by atoms with Gasteiger partial charge in [-0.3, -0.25) is 0 Å². The van der Waals surface area contributed by atoms with Crippen LogP contribution in [0.3, 0.4) is 0 Å². The van der Waals surface area contributed by atoms with Crippen molar-refractivity contribution in [2.24, 2.45) is 5.14 Å². The zero-order chi connectivity index (χ0) is 14.5. The average Bonchev–Trinajstić information content (AvgIpc) is 2.33. The minimum atomic E-state index is -3.83. The molecular formula is C12H16BrNO4S. The molecule has 1 aromatic carbocycles. The van der Waals surface area contributed by atoms with Crippen molar-refractivity contribution < 1.29 is 17.9 Å². The Morgan fingerprint density at radius 1 is 1.37 bits per heavy atom. The highest BCUT2D eigenvalue weighted by atomic mass is 79.9. The van der Waals surface area contributed by atoms with E-state index in [1.54, 1.807) is 0 Å². The summed E-state index contributed by atoms with van der Waals surface area (Å²) in [5.41, 5.74) is 0.156. The van der Waals surface area contributed by atoms with Crippen molar-refractivity contribution in [2.45, 2.75) is 31.1 Å². The number of primary sulfonamides is 1.